The van der Waals surface area contributed by atoms with E-state index in [4.69, 9.17) is 9.47 Å². The van der Waals surface area contributed by atoms with E-state index >= 15 is 0 Å². The van der Waals surface area contributed by atoms with Crippen molar-refractivity contribution in [2.45, 2.75) is 33.0 Å². The molecule has 2 aromatic rings. The fraction of sp³-hybridized carbons (Fsp3) is 0.429. The lowest BCUT2D eigenvalue weighted by atomic mass is 10.2. The molecule has 0 atom stereocenters. The van der Waals surface area contributed by atoms with Gasteiger partial charge in [-0.15, -0.1) is 0 Å². The molecule has 2 heterocycles. The maximum atomic E-state index is 12.3. The summed E-state index contributed by atoms with van der Waals surface area (Å²) in [5, 5.41) is 11.2. The molecule has 0 N–H and O–H groups in total. The maximum absolute atomic E-state index is 12.3. The number of hydrogen-bond donors (Lipinski definition) is 0. The molecule has 0 aliphatic carbocycles. The average Bonchev–Trinajstić information content (AvgIpc) is 2.71. The van der Waals surface area contributed by atoms with Crippen LogP contribution in [-0.2, 0) is 11.3 Å². The number of anilines is 1. The molecule has 9 heteroatoms. The number of benzene rings is 1. The Kier molecular flexibility index (Phi) is 6.39. The van der Waals surface area contributed by atoms with Crippen LogP contribution in [0.5, 0.6) is 5.88 Å². The summed E-state index contributed by atoms with van der Waals surface area (Å²) in [6, 6.07) is 11.1. The van der Waals surface area contributed by atoms with Crippen molar-refractivity contribution in [1.82, 2.24) is 9.88 Å². The van der Waals surface area contributed by atoms with Crippen LogP contribution in [-0.4, -0.2) is 52.7 Å². The molecule has 0 radical (unpaired) electrons. The lowest BCUT2D eigenvalue weighted by Gasteiger charge is -2.36. The largest absolute Gasteiger partial charge is 0.471 e. The molecule has 1 fully saturated rings. The fourth-order valence-corrected chi connectivity index (χ4v) is 3.05. The van der Waals surface area contributed by atoms with Gasteiger partial charge in [0.25, 0.3) is 5.69 Å². The average molecular weight is 414 g/mol. The summed E-state index contributed by atoms with van der Waals surface area (Å²) in [6.07, 6.45) is 0.834. The molecular formula is C21H26N4O5. The summed E-state index contributed by atoms with van der Waals surface area (Å²) in [7, 11) is 0. The minimum absolute atomic E-state index is 0.105. The van der Waals surface area contributed by atoms with Gasteiger partial charge in [0.15, 0.2) is 0 Å². The number of carbonyl (C=O) groups is 1. The summed E-state index contributed by atoms with van der Waals surface area (Å²) in [5.74, 6) is 0.329. The van der Waals surface area contributed by atoms with Crippen molar-refractivity contribution in [1.29, 1.82) is 0 Å². The number of ether oxygens (including phenoxy) is 2. The van der Waals surface area contributed by atoms with Crippen LogP contribution in [0.15, 0.2) is 42.6 Å². The van der Waals surface area contributed by atoms with E-state index in [1.807, 2.05) is 56.0 Å². The maximum Gasteiger partial charge on any atom is 0.410 e. The Balaban J connectivity index is 1.73. The van der Waals surface area contributed by atoms with Gasteiger partial charge in [0, 0.05) is 32.2 Å². The number of nitro groups is 1. The van der Waals surface area contributed by atoms with Crippen molar-refractivity contribution in [3.05, 3.63) is 58.3 Å². The van der Waals surface area contributed by atoms with Gasteiger partial charge in [-0.05, 0) is 26.3 Å². The van der Waals surface area contributed by atoms with Gasteiger partial charge in [0.2, 0.25) is 5.88 Å². The second-order valence-electron chi connectivity index (χ2n) is 8.00. The predicted octanol–water partition coefficient (Wildman–Crippen LogP) is 3.63. The van der Waals surface area contributed by atoms with Crippen molar-refractivity contribution in [2.24, 2.45) is 0 Å². The first-order valence-electron chi connectivity index (χ1n) is 9.77. The van der Waals surface area contributed by atoms with E-state index in [0.717, 1.165) is 5.56 Å². The molecule has 1 saturated heterocycles. The van der Waals surface area contributed by atoms with Crippen LogP contribution in [0, 0.1) is 10.1 Å². The van der Waals surface area contributed by atoms with E-state index in [0.29, 0.717) is 44.4 Å². The van der Waals surface area contributed by atoms with Crippen molar-refractivity contribution < 1.29 is 19.2 Å². The Morgan fingerprint density at radius 3 is 2.43 bits per heavy atom. The van der Waals surface area contributed by atoms with Crippen molar-refractivity contribution in [2.75, 3.05) is 31.1 Å². The molecular weight excluding hydrogens is 388 g/mol. The lowest BCUT2D eigenvalue weighted by Crippen LogP contribution is -2.50. The Morgan fingerprint density at radius 1 is 1.17 bits per heavy atom. The van der Waals surface area contributed by atoms with Crippen LogP contribution in [0.3, 0.4) is 0 Å². The van der Waals surface area contributed by atoms with Crippen LogP contribution in [0.1, 0.15) is 26.3 Å². The molecule has 0 unspecified atom stereocenters. The Morgan fingerprint density at radius 2 is 1.83 bits per heavy atom. The molecule has 160 valence electrons. The molecule has 1 aliphatic heterocycles. The molecule has 0 saturated carbocycles. The second-order valence-corrected chi connectivity index (χ2v) is 8.00. The number of piperazine rings is 1. The summed E-state index contributed by atoms with van der Waals surface area (Å²) in [4.78, 5) is 30.8. The highest BCUT2D eigenvalue weighted by Crippen LogP contribution is 2.31. The molecule has 9 nitrogen and oxygen atoms in total. The topological polar surface area (TPSA) is 98.0 Å². The number of pyridine rings is 1. The molecule has 0 spiro atoms. The number of nitrogens with zero attached hydrogens (tertiary/aromatic N) is 4. The highest BCUT2D eigenvalue weighted by Gasteiger charge is 2.28. The predicted molar refractivity (Wildman–Crippen MR) is 112 cm³/mol. The normalized spacial score (nSPS) is 14.4. The number of carbonyl (C=O) groups excluding carboxylic acids is 1. The minimum Gasteiger partial charge on any atom is -0.471 e. The third kappa shape index (κ3) is 5.59. The number of hydrogen-bond acceptors (Lipinski definition) is 7. The van der Waals surface area contributed by atoms with Crippen LogP contribution in [0.25, 0.3) is 0 Å². The third-order valence-electron chi connectivity index (χ3n) is 4.52. The van der Waals surface area contributed by atoms with Crippen LogP contribution in [0.4, 0.5) is 16.2 Å². The molecule has 3 rings (SSSR count). The molecule has 1 aromatic heterocycles. The van der Waals surface area contributed by atoms with Gasteiger partial charge in [-0.2, -0.15) is 0 Å². The van der Waals surface area contributed by atoms with Gasteiger partial charge in [-0.1, -0.05) is 30.3 Å². The van der Waals surface area contributed by atoms with E-state index < -0.39 is 10.5 Å². The minimum atomic E-state index is -0.559. The lowest BCUT2D eigenvalue weighted by molar-refractivity contribution is -0.385. The highest BCUT2D eigenvalue weighted by atomic mass is 16.6. The van der Waals surface area contributed by atoms with Crippen molar-refractivity contribution >= 4 is 17.5 Å². The van der Waals surface area contributed by atoms with Gasteiger partial charge in [0.1, 0.15) is 24.1 Å². The highest BCUT2D eigenvalue weighted by molar-refractivity contribution is 5.69. The standard InChI is InChI=1S/C21H26N4O5/c1-21(2,3)30-20(26)24-11-9-23(10-12-24)18-13-17(25(27)28)14-22-19(18)29-15-16-7-5-4-6-8-16/h4-8,13-14H,9-12,15H2,1-3H3. The van der Waals surface area contributed by atoms with E-state index in [-0.39, 0.29) is 11.8 Å². The first kappa shape index (κ1) is 21.4. The third-order valence-corrected chi connectivity index (χ3v) is 4.52. The molecule has 1 aromatic carbocycles. The molecule has 0 bridgehead atoms. The summed E-state index contributed by atoms with van der Waals surface area (Å²) in [6.45, 7) is 7.64. The van der Waals surface area contributed by atoms with Crippen LogP contribution < -0.4 is 9.64 Å². The molecule has 1 amide bonds. The molecule has 30 heavy (non-hydrogen) atoms. The zero-order valence-corrected chi connectivity index (χ0v) is 17.4. The van der Waals surface area contributed by atoms with Gasteiger partial charge in [0.05, 0.1) is 4.92 Å². The number of amides is 1. The molecule has 1 aliphatic rings. The Labute approximate surface area is 175 Å². The summed E-state index contributed by atoms with van der Waals surface area (Å²) in [5.41, 5.74) is 0.852. The van der Waals surface area contributed by atoms with Crippen LogP contribution >= 0.6 is 0 Å². The quantitative estimate of drug-likeness (QED) is 0.544. The van der Waals surface area contributed by atoms with E-state index in [1.54, 1.807) is 4.90 Å². The zero-order valence-electron chi connectivity index (χ0n) is 17.4. The van der Waals surface area contributed by atoms with E-state index in [1.165, 1.54) is 12.3 Å². The SMILES string of the molecule is CC(C)(C)OC(=O)N1CCN(c2cc([N+](=O)[O-])cnc2OCc2ccccc2)CC1. The van der Waals surface area contributed by atoms with Gasteiger partial charge < -0.3 is 19.3 Å². The Hall–Kier alpha value is -3.36. The monoisotopic (exact) mass is 414 g/mol. The summed E-state index contributed by atoms with van der Waals surface area (Å²) < 4.78 is 11.3. The van der Waals surface area contributed by atoms with Gasteiger partial charge >= 0.3 is 6.09 Å². The van der Waals surface area contributed by atoms with E-state index in [2.05, 4.69) is 4.98 Å². The smallest absolute Gasteiger partial charge is 0.410 e. The zero-order chi connectivity index (χ0) is 21.7. The van der Waals surface area contributed by atoms with Crippen molar-refractivity contribution in [3.63, 3.8) is 0 Å². The van der Waals surface area contributed by atoms with Gasteiger partial charge in [-0.3, -0.25) is 10.1 Å². The summed E-state index contributed by atoms with van der Waals surface area (Å²) >= 11 is 0. The number of rotatable bonds is 5. The second kappa shape index (κ2) is 8.98. The Bertz CT molecular complexity index is 890. The first-order chi connectivity index (χ1) is 14.2. The van der Waals surface area contributed by atoms with Crippen LogP contribution in [0.2, 0.25) is 0 Å². The van der Waals surface area contributed by atoms with E-state index in [9.17, 15) is 14.9 Å². The van der Waals surface area contributed by atoms with Gasteiger partial charge in [-0.25, -0.2) is 9.78 Å². The fourth-order valence-electron chi connectivity index (χ4n) is 3.05. The van der Waals surface area contributed by atoms with Crippen molar-refractivity contribution in [3.8, 4) is 5.88 Å². The number of aromatic nitrogens is 1. The first-order valence-corrected chi connectivity index (χ1v) is 9.77.